The molecule has 0 aliphatic heterocycles. The fourth-order valence-electron chi connectivity index (χ4n) is 1.19. The molecule has 0 saturated carbocycles. The van der Waals surface area contributed by atoms with Crippen molar-refractivity contribution in [2.24, 2.45) is 0 Å². The first-order valence-electron chi connectivity index (χ1n) is 4.41. The van der Waals surface area contributed by atoms with Gasteiger partial charge in [0.15, 0.2) is 0 Å². The highest BCUT2D eigenvalue weighted by Gasteiger charge is 2.01. The van der Waals surface area contributed by atoms with E-state index in [2.05, 4.69) is 5.32 Å². The van der Waals surface area contributed by atoms with Crippen molar-refractivity contribution in [2.45, 2.75) is 0 Å². The summed E-state index contributed by atoms with van der Waals surface area (Å²) in [6.07, 6.45) is 1.25. The lowest BCUT2D eigenvalue weighted by Crippen LogP contribution is -2.10. The van der Waals surface area contributed by atoms with Crippen LogP contribution in [0.4, 0.5) is 11.4 Å². The molecule has 0 bridgehead atoms. The van der Waals surface area contributed by atoms with Crippen LogP contribution < -0.4 is 11.1 Å². The van der Waals surface area contributed by atoms with Gasteiger partial charge in [-0.15, -0.1) is 0 Å². The molecule has 14 heavy (non-hydrogen) atoms. The molecule has 1 rings (SSSR count). The van der Waals surface area contributed by atoms with E-state index in [0.717, 1.165) is 11.3 Å². The number of rotatable bonds is 5. The predicted molar refractivity (Wildman–Crippen MR) is 59.1 cm³/mol. The lowest BCUT2D eigenvalue weighted by Gasteiger charge is -2.10. The van der Waals surface area contributed by atoms with Gasteiger partial charge in [0, 0.05) is 36.8 Å². The minimum atomic E-state index is 0.613. The van der Waals surface area contributed by atoms with Gasteiger partial charge in [-0.25, -0.2) is 0 Å². The van der Waals surface area contributed by atoms with Crippen molar-refractivity contribution < 1.29 is 4.74 Å². The third-order valence-electron chi connectivity index (χ3n) is 1.91. The van der Waals surface area contributed by atoms with Crippen molar-refractivity contribution in [3.63, 3.8) is 0 Å². The zero-order chi connectivity index (χ0) is 10.4. The van der Waals surface area contributed by atoms with E-state index in [4.69, 9.17) is 15.9 Å². The van der Waals surface area contributed by atoms with Crippen LogP contribution in [-0.4, -0.2) is 26.5 Å². The molecule has 0 radical (unpaired) electrons. The minimum absolute atomic E-state index is 0.613. The first kappa shape index (κ1) is 10.5. The fourth-order valence-corrected chi connectivity index (χ4v) is 1.19. The standard InChI is InChI=1S/C10H15N3O/c1-14-6-5-13-10-4-2-3-9(12)8(10)7-11/h2-4,7,11,13H,5-6,12H2,1H3. The van der Waals surface area contributed by atoms with E-state index >= 15 is 0 Å². The minimum Gasteiger partial charge on any atom is -0.398 e. The second-order valence-corrected chi connectivity index (χ2v) is 2.87. The summed E-state index contributed by atoms with van der Waals surface area (Å²) in [5.74, 6) is 0. The SMILES string of the molecule is COCCNc1cccc(N)c1C=N. The van der Waals surface area contributed by atoms with E-state index in [-0.39, 0.29) is 0 Å². The Balaban J connectivity index is 2.75. The fraction of sp³-hybridized carbons (Fsp3) is 0.300. The Morgan fingerprint density at radius 2 is 2.36 bits per heavy atom. The number of anilines is 2. The normalized spacial score (nSPS) is 9.79. The molecule has 0 aromatic heterocycles. The number of methoxy groups -OCH3 is 1. The van der Waals surface area contributed by atoms with Gasteiger partial charge in [-0.05, 0) is 12.1 Å². The average Bonchev–Trinajstić information content (AvgIpc) is 2.18. The molecular weight excluding hydrogens is 178 g/mol. The Kier molecular flexibility index (Phi) is 3.94. The maximum atomic E-state index is 7.23. The molecule has 4 nitrogen and oxygen atoms in total. The third-order valence-corrected chi connectivity index (χ3v) is 1.91. The quantitative estimate of drug-likeness (QED) is 0.375. The average molecular weight is 193 g/mol. The highest BCUT2D eigenvalue weighted by molar-refractivity contribution is 5.92. The van der Waals surface area contributed by atoms with E-state index < -0.39 is 0 Å². The zero-order valence-corrected chi connectivity index (χ0v) is 8.21. The van der Waals surface area contributed by atoms with E-state index in [1.807, 2.05) is 12.1 Å². The highest BCUT2D eigenvalue weighted by Crippen LogP contribution is 2.19. The Bertz CT molecular complexity index is 312. The number of hydrogen-bond donors (Lipinski definition) is 3. The smallest absolute Gasteiger partial charge is 0.0635 e. The van der Waals surface area contributed by atoms with Crippen molar-refractivity contribution in [3.05, 3.63) is 23.8 Å². The summed E-state index contributed by atoms with van der Waals surface area (Å²) in [5.41, 5.74) is 7.92. The van der Waals surface area contributed by atoms with Crippen molar-refractivity contribution in [1.82, 2.24) is 0 Å². The molecule has 4 N–H and O–H groups in total. The number of hydrogen-bond acceptors (Lipinski definition) is 4. The number of nitrogens with one attached hydrogen (secondary N) is 2. The first-order chi connectivity index (χ1) is 6.79. The molecule has 76 valence electrons. The molecule has 0 unspecified atom stereocenters. The van der Waals surface area contributed by atoms with Crippen LogP contribution in [0.15, 0.2) is 18.2 Å². The predicted octanol–water partition coefficient (Wildman–Crippen LogP) is 1.32. The topological polar surface area (TPSA) is 71.1 Å². The van der Waals surface area contributed by atoms with E-state index in [1.165, 1.54) is 6.21 Å². The third kappa shape index (κ3) is 2.47. The summed E-state index contributed by atoms with van der Waals surface area (Å²) < 4.78 is 4.92. The second-order valence-electron chi connectivity index (χ2n) is 2.87. The lowest BCUT2D eigenvalue weighted by atomic mass is 10.1. The lowest BCUT2D eigenvalue weighted by molar-refractivity contribution is 0.211. The van der Waals surface area contributed by atoms with Gasteiger partial charge in [-0.3, -0.25) is 0 Å². The maximum Gasteiger partial charge on any atom is 0.0635 e. The Labute approximate surface area is 83.6 Å². The van der Waals surface area contributed by atoms with Gasteiger partial charge in [0.1, 0.15) is 0 Å². The Hall–Kier alpha value is -1.55. The molecule has 0 spiro atoms. The molecule has 0 fully saturated rings. The Morgan fingerprint density at radius 3 is 3.00 bits per heavy atom. The summed E-state index contributed by atoms with van der Waals surface area (Å²) in [6, 6.07) is 5.53. The molecule has 0 atom stereocenters. The molecular formula is C10H15N3O. The van der Waals surface area contributed by atoms with Gasteiger partial charge >= 0.3 is 0 Å². The number of nitrogens with two attached hydrogens (primary N) is 1. The molecule has 1 aromatic carbocycles. The van der Waals surface area contributed by atoms with Gasteiger partial charge < -0.3 is 21.2 Å². The van der Waals surface area contributed by atoms with Gasteiger partial charge in [-0.2, -0.15) is 0 Å². The van der Waals surface area contributed by atoms with Gasteiger partial charge in [-0.1, -0.05) is 6.07 Å². The molecule has 0 saturated heterocycles. The van der Waals surface area contributed by atoms with E-state index in [0.29, 0.717) is 18.8 Å². The van der Waals surface area contributed by atoms with Crippen LogP contribution in [-0.2, 0) is 4.74 Å². The summed E-state index contributed by atoms with van der Waals surface area (Å²) in [5, 5.41) is 10.4. The van der Waals surface area contributed by atoms with Crippen molar-refractivity contribution in [1.29, 1.82) is 5.41 Å². The van der Waals surface area contributed by atoms with Gasteiger partial charge in [0.2, 0.25) is 0 Å². The number of nitrogen functional groups attached to an aromatic ring is 1. The molecule has 0 aliphatic rings. The van der Waals surface area contributed by atoms with Crippen LogP contribution in [0.25, 0.3) is 0 Å². The summed E-state index contributed by atoms with van der Waals surface area (Å²) in [4.78, 5) is 0. The summed E-state index contributed by atoms with van der Waals surface area (Å²) in [6.45, 7) is 1.34. The first-order valence-corrected chi connectivity index (χ1v) is 4.41. The maximum absolute atomic E-state index is 7.23. The van der Waals surface area contributed by atoms with Crippen molar-refractivity contribution in [2.75, 3.05) is 31.3 Å². The molecule has 0 amide bonds. The zero-order valence-electron chi connectivity index (χ0n) is 8.21. The second kappa shape index (κ2) is 5.24. The molecule has 1 aromatic rings. The number of benzene rings is 1. The highest BCUT2D eigenvalue weighted by atomic mass is 16.5. The van der Waals surface area contributed by atoms with Crippen molar-refractivity contribution in [3.8, 4) is 0 Å². The summed E-state index contributed by atoms with van der Waals surface area (Å²) in [7, 11) is 1.65. The van der Waals surface area contributed by atoms with Crippen LogP contribution in [0, 0.1) is 5.41 Å². The van der Waals surface area contributed by atoms with Crippen LogP contribution >= 0.6 is 0 Å². The van der Waals surface area contributed by atoms with E-state index in [1.54, 1.807) is 13.2 Å². The van der Waals surface area contributed by atoms with Gasteiger partial charge in [0.05, 0.1) is 6.61 Å². The van der Waals surface area contributed by atoms with Gasteiger partial charge in [0.25, 0.3) is 0 Å². The molecule has 0 heterocycles. The van der Waals surface area contributed by atoms with E-state index in [9.17, 15) is 0 Å². The van der Waals surface area contributed by atoms with Crippen molar-refractivity contribution >= 4 is 17.6 Å². The molecule has 0 aliphatic carbocycles. The van der Waals surface area contributed by atoms with Crippen LogP contribution in [0.2, 0.25) is 0 Å². The van der Waals surface area contributed by atoms with Crippen LogP contribution in [0.5, 0.6) is 0 Å². The Morgan fingerprint density at radius 1 is 1.57 bits per heavy atom. The molecule has 4 heteroatoms. The van der Waals surface area contributed by atoms with Crippen LogP contribution in [0.1, 0.15) is 5.56 Å². The number of ether oxygens (including phenoxy) is 1. The monoisotopic (exact) mass is 193 g/mol. The van der Waals surface area contributed by atoms with Crippen LogP contribution in [0.3, 0.4) is 0 Å². The summed E-state index contributed by atoms with van der Waals surface area (Å²) >= 11 is 0. The largest absolute Gasteiger partial charge is 0.398 e.